The number of hydrogen-bond donors (Lipinski definition) is 1. The maximum atomic E-state index is 12.6. The van der Waals surface area contributed by atoms with Crippen molar-refractivity contribution in [1.29, 1.82) is 0 Å². The molecule has 0 aliphatic heterocycles. The van der Waals surface area contributed by atoms with E-state index in [4.69, 9.17) is 4.74 Å². The van der Waals surface area contributed by atoms with Crippen molar-refractivity contribution in [3.63, 3.8) is 0 Å². The molecular weight excluding hydrogens is 374 g/mol. The summed E-state index contributed by atoms with van der Waals surface area (Å²) in [4.78, 5) is 41.3. The summed E-state index contributed by atoms with van der Waals surface area (Å²) in [6.45, 7) is 2.51. The van der Waals surface area contributed by atoms with Crippen LogP contribution in [0.15, 0.2) is 46.2 Å². The molecule has 1 atom stereocenters. The Bertz CT molecular complexity index is 1110. The highest BCUT2D eigenvalue weighted by Gasteiger charge is 2.16. The van der Waals surface area contributed by atoms with Gasteiger partial charge in [0.25, 0.3) is 5.56 Å². The van der Waals surface area contributed by atoms with Crippen molar-refractivity contribution in [2.24, 2.45) is 14.1 Å². The third-order valence-corrected chi connectivity index (χ3v) is 4.78. The van der Waals surface area contributed by atoms with Gasteiger partial charge in [0, 0.05) is 27.2 Å². The van der Waals surface area contributed by atoms with Gasteiger partial charge in [-0.15, -0.1) is 0 Å². The van der Waals surface area contributed by atoms with Crippen molar-refractivity contribution in [3.8, 4) is 0 Å². The van der Waals surface area contributed by atoms with Crippen molar-refractivity contribution in [2.45, 2.75) is 26.0 Å². The molecule has 3 rings (SSSR count). The van der Waals surface area contributed by atoms with E-state index in [9.17, 15) is 14.4 Å². The molecule has 0 saturated heterocycles. The summed E-state index contributed by atoms with van der Waals surface area (Å²) < 4.78 is 9.49. The zero-order chi connectivity index (χ0) is 21.0. The normalized spacial score (nSPS) is 12.2. The molecular formula is C20H25N5O4. The standard InChI is InChI=1S/C20H25N5O4/c1-14(15-8-5-4-6-9-15)29-11-7-10-21-16(26)12-25-19(27)17-18(22-13-23(17)2)24(3)20(25)28/h4-6,8-9,13-14H,7,10-12H2,1-3H3,(H,21,26). The van der Waals surface area contributed by atoms with Crippen molar-refractivity contribution in [1.82, 2.24) is 24.0 Å². The van der Waals surface area contributed by atoms with Crippen LogP contribution >= 0.6 is 0 Å². The van der Waals surface area contributed by atoms with Gasteiger partial charge in [-0.2, -0.15) is 0 Å². The average Bonchev–Trinajstić information content (AvgIpc) is 3.11. The lowest BCUT2D eigenvalue weighted by Crippen LogP contribution is -2.43. The molecule has 9 nitrogen and oxygen atoms in total. The number of fused-ring (bicyclic) bond motifs is 1. The summed E-state index contributed by atoms with van der Waals surface area (Å²) in [5, 5.41) is 2.73. The monoisotopic (exact) mass is 399 g/mol. The van der Waals surface area contributed by atoms with Crippen LogP contribution in [-0.2, 0) is 30.2 Å². The molecule has 2 aromatic heterocycles. The van der Waals surface area contributed by atoms with Crippen LogP contribution in [0.5, 0.6) is 0 Å². The van der Waals surface area contributed by atoms with E-state index in [1.807, 2.05) is 37.3 Å². The number of ether oxygens (including phenoxy) is 1. The molecule has 0 radical (unpaired) electrons. The number of carbonyl (C=O) groups excluding carboxylic acids is 1. The largest absolute Gasteiger partial charge is 0.374 e. The maximum absolute atomic E-state index is 12.6. The molecule has 154 valence electrons. The first kappa shape index (κ1) is 20.5. The summed E-state index contributed by atoms with van der Waals surface area (Å²) in [7, 11) is 3.19. The van der Waals surface area contributed by atoms with Gasteiger partial charge in [-0.25, -0.2) is 14.3 Å². The van der Waals surface area contributed by atoms with Gasteiger partial charge >= 0.3 is 5.69 Å². The van der Waals surface area contributed by atoms with Gasteiger partial charge in [-0.3, -0.25) is 14.2 Å². The molecule has 1 N–H and O–H groups in total. The van der Waals surface area contributed by atoms with E-state index in [0.29, 0.717) is 25.2 Å². The lowest BCUT2D eigenvalue weighted by atomic mass is 10.1. The Balaban J connectivity index is 1.53. The minimum Gasteiger partial charge on any atom is -0.374 e. The Kier molecular flexibility index (Phi) is 6.28. The van der Waals surface area contributed by atoms with E-state index < -0.39 is 17.2 Å². The van der Waals surface area contributed by atoms with E-state index in [0.717, 1.165) is 10.1 Å². The fourth-order valence-corrected chi connectivity index (χ4v) is 3.12. The third-order valence-electron chi connectivity index (χ3n) is 4.78. The Morgan fingerprint density at radius 3 is 2.66 bits per heavy atom. The van der Waals surface area contributed by atoms with Gasteiger partial charge in [0.2, 0.25) is 5.91 Å². The SMILES string of the molecule is CC(OCCCNC(=O)Cn1c(=O)c2c(ncn2C)n(C)c1=O)c1ccccc1. The molecule has 0 fully saturated rings. The van der Waals surface area contributed by atoms with E-state index in [-0.39, 0.29) is 18.2 Å². The summed E-state index contributed by atoms with van der Waals surface area (Å²) in [5.41, 5.74) is 0.569. The highest BCUT2D eigenvalue weighted by molar-refractivity contribution is 5.76. The predicted molar refractivity (Wildman–Crippen MR) is 109 cm³/mol. The molecule has 1 unspecified atom stereocenters. The minimum absolute atomic E-state index is 0.0286. The van der Waals surface area contributed by atoms with Crippen LogP contribution in [0.3, 0.4) is 0 Å². The Hall–Kier alpha value is -3.20. The number of nitrogens with zero attached hydrogens (tertiary/aromatic N) is 4. The van der Waals surface area contributed by atoms with Crippen molar-refractivity contribution in [3.05, 3.63) is 63.1 Å². The minimum atomic E-state index is -0.573. The van der Waals surface area contributed by atoms with Gasteiger partial charge in [0.1, 0.15) is 6.54 Å². The Labute approximate surface area is 167 Å². The van der Waals surface area contributed by atoms with Crippen LogP contribution in [0.4, 0.5) is 0 Å². The highest BCUT2D eigenvalue weighted by atomic mass is 16.5. The lowest BCUT2D eigenvalue weighted by Gasteiger charge is -2.13. The first-order valence-corrected chi connectivity index (χ1v) is 9.44. The van der Waals surface area contributed by atoms with Crippen LogP contribution in [0.1, 0.15) is 25.0 Å². The summed E-state index contributed by atoms with van der Waals surface area (Å²) in [5.74, 6) is -0.401. The number of imidazole rings is 1. The Morgan fingerprint density at radius 2 is 1.93 bits per heavy atom. The fourth-order valence-electron chi connectivity index (χ4n) is 3.12. The zero-order valence-corrected chi connectivity index (χ0v) is 16.8. The molecule has 0 aliphatic rings. The number of aromatic nitrogens is 4. The number of carbonyl (C=O) groups is 1. The number of nitrogens with one attached hydrogen (secondary N) is 1. The second-order valence-electron chi connectivity index (χ2n) is 6.89. The molecule has 9 heteroatoms. The summed E-state index contributed by atoms with van der Waals surface area (Å²) >= 11 is 0. The Morgan fingerprint density at radius 1 is 1.21 bits per heavy atom. The first-order chi connectivity index (χ1) is 13.9. The third kappa shape index (κ3) is 4.45. The van der Waals surface area contributed by atoms with Gasteiger partial charge < -0.3 is 14.6 Å². The molecule has 2 heterocycles. The van der Waals surface area contributed by atoms with Crippen LogP contribution in [-0.4, -0.2) is 37.7 Å². The zero-order valence-electron chi connectivity index (χ0n) is 16.8. The molecule has 29 heavy (non-hydrogen) atoms. The number of aryl methyl sites for hydroxylation is 2. The van der Waals surface area contributed by atoms with Gasteiger partial charge in [0.05, 0.1) is 12.4 Å². The van der Waals surface area contributed by atoms with Crippen LogP contribution in [0.2, 0.25) is 0 Å². The number of hydrogen-bond acceptors (Lipinski definition) is 5. The molecule has 0 spiro atoms. The molecule has 0 bridgehead atoms. The molecule has 1 amide bonds. The highest BCUT2D eigenvalue weighted by Crippen LogP contribution is 2.15. The second kappa shape index (κ2) is 8.87. The quantitative estimate of drug-likeness (QED) is 0.563. The number of amides is 1. The van der Waals surface area contributed by atoms with E-state index in [2.05, 4.69) is 10.3 Å². The molecule has 0 saturated carbocycles. The maximum Gasteiger partial charge on any atom is 0.332 e. The number of benzene rings is 1. The smallest absolute Gasteiger partial charge is 0.332 e. The topological polar surface area (TPSA) is 100 Å². The van der Waals surface area contributed by atoms with Gasteiger partial charge in [0.15, 0.2) is 11.2 Å². The van der Waals surface area contributed by atoms with E-state index in [1.54, 1.807) is 7.05 Å². The average molecular weight is 399 g/mol. The van der Waals surface area contributed by atoms with Crippen LogP contribution < -0.4 is 16.6 Å². The van der Waals surface area contributed by atoms with Gasteiger partial charge in [-0.1, -0.05) is 30.3 Å². The first-order valence-electron chi connectivity index (χ1n) is 9.44. The van der Waals surface area contributed by atoms with Crippen molar-refractivity contribution < 1.29 is 9.53 Å². The van der Waals surface area contributed by atoms with Crippen LogP contribution in [0.25, 0.3) is 11.2 Å². The molecule has 1 aromatic carbocycles. The van der Waals surface area contributed by atoms with Crippen LogP contribution in [0, 0.1) is 0 Å². The second-order valence-corrected chi connectivity index (χ2v) is 6.89. The number of rotatable bonds is 8. The summed E-state index contributed by atoms with van der Waals surface area (Å²) in [6.07, 6.45) is 2.06. The van der Waals surface area contributed by atoms with E-state index in [1.165, 1.54) is 22.5 Å². The predicted octanol–water partition coefficient (Wildman–Crippen LogP) is 0.718. The lowest BCUT2D eigenvalue weighted by molar-refractivity contribution is -0.121. The molecule has 3 aromatic rings. The fraction of sp³-hybridized carbons (Fsp3) is 0.400. The molecule has 0 aliphatic carbocycles. The van der Waals surface area contributed by atoms with E-state index >= 15 is 0 Å². The van der Waals surface area contributed by atoms with Crippen molar-refractivity contribution in [2.75, 3.05) is 13.2 Å². The van der Waals surface area contributed by atoms with Gasteiger partial charge in [-0.05, 0) is 18.9 Å². The summed E-state index contributed by atoms with van der Waals surface area (Å²) in [6, 6.07) is 9.89. The van der Waals surface area contributed by atoms with Crippen molar-refractivity contribution >= 4 is 17.1 Å².